The van der Waals surface area contributed by atoms with Crippen molar-refractivity contribution < 1.29 is 18.3 Å². The molecule has 2 aromatic carbocycles. The van der Waals surface area contributed by atoms with E-state index in [2.05, 4.69) is 5.53 Å². The normalized spacial score (nSPS) is 16.5. The van der Waals surface area contributed by atoms with E-state index in [0.717, 1.165) is 23.4 Å². The number of hydrazine groups is 2. The molecule has 0 radical (unpaired) electrons. The Morgan fingerprint density at radius 1 is 0.875 bits per heavy atom. The third-order valence-electron chi connectivity index (χ3n) is 3.93. The number of nitrogens with one attached hydrogen (secondary N) is 1. The number of allylic oxidation sites excluding steroid dienone is 1. The van der Waals surface area contributed by atoms with E-state index in [4.69, 9.17) is 0 Å². The lowest BCUT2D eigenvalue weighted by Crippen LogP contribution is -2.42. The summed E-state index contributed by atoms with van der Waals surface area (Å²) in [6.45, 7) is 0. The number of benzene rings is 2. The van der Waals surface area contributed by atoms with Crippen LogP contribution in [-0.4, -0.2) is 5.11 Å². The Kier molecular flexibility index (Phi) is 3.07. The molecule has 4 rings (SSSR count). The number of aliphatic hydroxyl groups is 1. The molecule has 2 aliphatic rings. The zero-order valence-corrected chi connectivity index (χ0v) is 12.2. The topological polar surface area (TPSA) is 38.7 Å². The van der Waals surface area contributed by atoms with Gasteiger partial charge in [-0.3, -0.25) is 5.01 Å². The molecule has 2 aromatic rings. The van der Waals surface area contributed by atoms with E-state index >= 15 is 0 Å². The third-order valence-corrected chi connectivity index (χ3v) is 3.93. The Morgan fingerprint density at radius 3 is 2.29 bits per heavy atom. The Bertz CT molecular complexity index is 856. The van der Waals surface area contributed by atoms with Crippen LogP contribution in [0.1, 0.15) is 11.1 Å². The van der Waals surface area contributed by atoms with Crippen LogP contribution in [0, 0.1) is 0 Å². The van der Waals surface area contributed by atoms with Crippen molar-refractivity contribution in [3.63, 3.8) is 0 Å². The highest BCUT2D eigenvalue weighted by molar-refractivity contribution is 5.78. The molecule has 0 aromatic heterocycles. The van der Waals surface area contributed by atoms with Gasteiger partial charge in [0.1, 0.15) is 5.70 Å². The van der Waals surface area contributed by atoms with E-state index in [-0.39, 0.29) is 5.88 Å². The van der Waals surface area contributed by atoms with Gasteiger partial charge >= 0.3 is 6.18 Å². The van der Waals surface area contributed by atoms with E-state index in [1.54, 1.807) is 11.1 Å². The largest absolute Gasteiger partial charge is 0.492 e. The number of fused-ring (bicyclic) bond motifs is 3. The summed E-state index contributed by atoms with van der Waals surface area (Å²) >= 11 is 0. The molecule has 0 amide bonds. The second-order valence-electron chi connectivity index (χ2n) is 5.42. The van der Waals surface area contributed by atoms with Crippen LogP contribution in [0.15, 0.2) is 66.2 Å². The van der Waals surface area contributed by atoms with Crippen molar-refractivity contribution in [2.75, 3.05) is 10.0 Å². The minimum absolute atomic E-state index is 0.0829. The first kappa shape index (κ1) is 14.6. The molecule has 0 bridgehead atoms. The van der Waals surface area contributed by atoms with Gasteiger partial charge in [-0.05, 0) is 42.0 Å². The van der Waals surface area contributed by atoms with Gasteiger partial charge in [0.2, 0.25) is 5.88 Å². The Morgan fingerprint density at radius 2 is 1.58 bits per heavy atom. The number of hydrogen-bond donors (Lipinski definition) is 2. The number of alkyl halides is 3. The van der Waals surface area contributed by atoms with Crippen LogP contribution in [-0.2, 0) is 6.18 Å². The fraction of sp³-hybridized carbons (Fsp3) is 0.0588. The summed E-state index contributed by atoms with van der Waals surface area (Å²) in [5.74, 6) is -0.0829. The van der Waals surface area contributed by atoms with E-state index in [0.29, 0.717) is 11.4 Å². The Balaban J connectivity index is 1.69. The molecular formula is C17H12F3N3O. The second-order valence-corrected chi connectivity index (χ2v) is 5.42. The highest BCUT2D eigenvalue weighted by Crippen LogP contribution is 2.36. The van der Waals surface area contributed by atoms with Crippen molar-refractivity contribution in [2.45, 2.75) is 6.18 Å². The SMILES string of the molecule is OC1=C2C=Cc3ccccc3N2NN1c1ccc(C(F)(F)F)cc1. The minimum atomic E-state index is -4.39. The van der Waals surface area contributed by atoms with E-state index in [1.165, 1.54) is 17.1 Å². The lowest BCUT2D eigenvalue weighted by molar-refractivity contribution is -0.137. The van der Waals surface area contributed by atoms with Gasteiger partial charge in [-0.15, -0.1) is 5.53 Å². The monoisotopic (exact) mass is 331 g/mol. The predicted molar refractivity (Wildman–Crippen MR) is 84.7 cm³/mol. The fourth-order valence-electron chi connectivity index (χ4n) is 2.73. The molecular weight excluding hydrogens is 319 g/mol. The lowest BCUT2D eigenvalue weighted by atomic mass is 10.1. The Labute approximate surface area is 135 Å². The average molecular weight is 331 g/mol. The van der Waals surface area contributed by atoms with E-state index in [1.807, 2.05) is 30.3 Å². The summed E-state index contributed by atoms with van der Waals surface area (Å²) in [5.41, 5.74) is 4.98. The van der Waals surface area contributed by atoms with Gasteiger partial charge in [-0.25, -0.2) is 5.01 Å². The lowest BCUT2D eigenvalue weighted by Gasteiger charge is -2.26. The second kappa shape index (κ2) is 5.04. The van der Waals surface area contributed by atoms with Crippen molar-refractivity contribution in [3.8, 4) is 0 Å². The Hall–Kier alpha value is -2.93. The summed E-state index contributed by atoms with van der Waals surface area (Å²) in [6.07, 6.45) is -0.777. The first-order valence-electron chi connectivity index (χ1n) is 7.19. The molecule has 0 unspecified atom stereocenters. The molecule has 2 N–H and O–H groups in total. The van der Waals surface area contributed by atoms with Gasteiger partial charge < -0.3 is 5.11 Å². The summed E-state index contributed by atoms with van der Waals surface area (Å²) in [7, 11) is 0. The van der Waals surface area contributed by atoms with Crippen LogP contribution in [0.5, 0.6) is 0 Å². The molecule has 0 atom stereocenters. The van der Waals surface area contributed by atoms with Crippen LogP contribution in [0.25, 0.3) is 6.08 Å². The summed E-state index contributed by atoms with van der Waals surface area (Å²) in [5, 5.41) is 13.4. The van der Waals surface area contributed by atoms with Crippen molar-refractivity contribution in [2.24, 2.45) is 0 Å². The van der Waals surface area contributed by atoms with Crippen LogP contribution in [0.2, 0.25) is 0 Å². The van der Waals surface area contributed by atoms with Crippen molar-refractivity contribution >= 4 is 17.5 Å². The number of anilines is 2. The van der Waals surface area contributed by atoms with Gasteiger partial charge in [-0.2, -0.15) is 13.2 Å². The van der Waals surface area contributed by atoms with Crippen molar-refractivity contribution in [3.05, 3.63) is 77.3 Å². The highest BCUT2D eigenvalue weighted by Gasteiger charge is 2.34. The zero-order valence-electron chi connectivity index (χ0n) is 12.2. The average Bonchev–Trinajstić information content (AvgIpc) is 2.92. The van der Waals surface area contributed by atoms with E-state index < -0.39 is 11.7 Å². The number of aliphatic hydroxyl groups excluding tert-OH is 1. The smallest absolute Gasteiger partial charge is 0.416 e. The molecule has 2 aliphatic heterocycles. The molecule has 24 heavy (non-hydrogen) atoms. The summed E-state index contributed by atoms with van der Waals surface area (Å²) < 4.78 is 38.0. The number of hydrogen-bond acceptors (Lipinski definition) is 4. The van der Waals surface area contributed by atoms with Gasteiger partial charge in [0.25, 0.3) is 0 Å². The predicted octanol–water partition coefficient (Wildman–Crippen LogP) is 4.21. The van der Waals surface area contributed by atoms with Gasteiger partial charge in [0, 0.05) is 0 Å². The maximum absolute atomic E-state index is 12.7. The molecule has 0 saturated heterocycles. The molecule has 2 heterocycles. The first-order valence-corrected chi connectivity index (χ1v) is 7.19. The van der Waals surface area contributed by atoms with Crippen molar-refractivity contribution in [1.82, 2.24) is 5.53 Å². The maximum atomic E-state index is 12.7. The quantitative estimate of drug-likeness (QED) is 0.821. The van der Waals surface area contributed by atoms with Crippen molar-refractivity contribution in [1.29, 1.82) is 0 Å². The highest BCUT2D eigenvalue weighted by atomic mass is 19.4. The number of nitrogens with zero attached hydrogens (tertiary/aromatic N) is 2. The standard InChI is InChI=1S/C17H12F3N3O/c18-17(19,20)12-6-8-13(9-7-12)22-16(24)15-10-5-11-3-1-2-4-14(11)23(15)21-22/h1-10,21,24H. The molecule has 0 aliphatic carbocycles. The first-order chi connectivity index (χ1) is 11.4. The van der Waals surface area contributed by atoms with Crippen LogP contribution in [0.4, 0.5) is 24.5 Å². The fourth-order valence-corrected chi connectivity index (χ4v) is 2.73. The van der Waals surface area contributed by atoms with Crippen LogP contribution in [0.3, 0.4) is 0 Å². The zero-order chi connectivity index (χ0) is 16.9. The van der Waals surface area contributed by atoms with Crippen LogP contribution < -0.4 is 15.6 Å². The van der Waals surface area contributed by atoms with Gasteiger partial charge in [0.05, 0.1) is 16.9 Å². The molecule has 122 valence electrons. The minimum Gasteiger partial charge on any atom is -0.492 e. The van der Waals surface area contributed by atoms with Gasteiger partial charge in [-0.1, -0.05) is 24.3 Å². The van der Waals surface area contributed by atoms with Gasteiger partial charge in [0.15, 0.2) is 0 Å². The number of rotatable bonds is 1. The number of para-hydroxylation sites is 1. The summed E-state index contributed by atoms with van der Waals surface area (Å²) in [6, 6.07) is 12.2. The third kappa shape index (κ3) is 2.21. The molecule has 7 heteroatoms. The van der Waals surface area contributed by atoms with Crippen LogP contribution >= 0.6 is 0 Å². The molecule has 0 saturated carbocycles. The van der Waals surface area contributed by atoms with E-state index in [9.17, 15) is 18.3 Å². The molecule has 4 nitrogen and oxygen atoms in total. The number of halogens is 3. The maximum Gasteiger partial charge on any atom is 0.416 e. The summed E-state index contributed by atoms with van der Waals surface area (Å²) in [4.78, 5) is 0. The molecule has 0 spiro atoms. The molecule has 0 fully saturated rings.